The largest absolute Gasteiger partial charge is 0.508 e. The second kappa shape index (κ2) is 22.7. The standard InChI is InChI=1S/C52H61N5O10S/c1-33-43-26-40(59)16-19-44(43)56(47(33)37-12-14-39(58)15-13-37)29-36-8-17-42(18-9-36)67-25-24-65-21-20-64-22-23-66-31-46(61)55-49(52(3,4)5)51(63)57-30-41(60)27-45(57)50(62)53-28-35-6-10-38(11-7-35)48-34(2)54-32-68-48/h6-19,26,32,41,45,49,58-60H,20-25,27-31H2,1-5H3,(H,53,62)(H,55,61)/t41-,45+,49?/m1/s1. The van der Waals surface area contributed by atoms with Crippen LogP contribution in [0.2, 0.25) is 0 Å². The van der Waals surface area contributed by atoms with E-state index in [2.05, 4.69) is 20.2 Å². The van der Waals surface area contributed by atoms with Crippen molar-refractivity contribution in [3.05, 3.63) is 119 Å². The van der Waals surface area contributed by atoms with E-state index in [-0.39, 0.29) is 56.7 Å². The number of thiazole rings is 1. The van der Waals surface area contributed by atoms with Crippen LogP contribution < -0.4 is 15.4 Å². The zero-order chi connectivity index (χ0) is 48.4. The van der Waals surface area contributed by atoms with E-state index in [9.17, 15) is 29.7 Å². The molecule has 0 bridgehead atoms. The molecule has 2 aromatic heterocycles. The van der Waals surface area contributed by atoms with Gasteiger partial charge in [0, 0.05) is 37.0 Å². The molecule has 3 heterocycles. The molecule has 1 unspecified atom stereocenters. The van der Waals surface area contributed by atoms with Gasteiger partial charge in [-0.05, 0) is 102 Å². The molecule has 6 aromatic rings. The predicted octanol–water partition coefficient (Wildman–Crippen LogP) is 6.75. The molecule has 1 saturated heterocycles. The van der Waals surface area contributed by atoms with Crippen LogP contribution in [0.5, 0.6) is 17.2 Å². The first-order valence-corrected chi connectivity index (χ1v) is 23.7. The van der Waals surface area contributed by atoms with Crippen LogP contribution in [-0.4, -0.2) is 118 Å². The fraction of sp³-hybridized carbons (Fsp3) is 0.385. The first kappa shape index (κ1) is 49.6. The number of aromatic hydroxyl groups is 2. The lowest BCUT2D eigenvalue weighted by molar-refractivity contribution is -0.144. The fourth-order valence-electron chi connectivity index (χ4n) is 8.35. The summed E-state index contributed by atoms with van der Waals surface area (Å²) in [6.07, 6.45) is -0.780. The third-order valence-electron chi connectivity index (χ3n) is 11.9. The molecule has 1 aliphatic rings. The number of likely N-dealkylation sites (tertiary alicyclic amines) is 1. The van der Waals surface area contributed by atoms with E-state index >= 15 is 0 Å². The number of aliphatic hydroxyl groups excluding tert-OH is 1. The Hall–Kier alpha value is -6.30. The molecule has 1 aliphatic heterocycles. The topological polar surface area (TPSA) is 194 Å². The number of aliphatic hydroxyl groups is 1. The van der Waals surface area contributed by atoms with Crippen molar-refractivity contribution in [1.29, 1.82) is 0 Å². The van der Waals surface area contributed by atoms with Gasteiger partial charge in [0.1, 0.15) is 42.5 Å². The Kier molecular flexibility index (Phi) is 16.5. The number of nitrogens with one attached hydrogen (secondary N) is 2. The van der Waals surface area contributed by atoms with Gasteiger partial charge in [-0.3, -0.25) is 14.4 Å². The molecule has 68 heavy (non-hydrogen) atoms. The second-order valence-electron chi connectivity index (χ2n) is 18.0. The van der Waals surface area contributed by atoms with Crippen molar-refractivity contribution < 1.29 is 48.7 Å². The number of rotatable bonds is 21. The SMILES string of the molecule is Cc1ncsc1-c1ccc(CNC(=O)[C@@H]2C[C@@H](O)CN2C(=O)C(NC(=O)COCCOCCOCCOc2ccc(Cn3c(-c4ccc(O)cc4)c(C)c4cc(O)ccc43)cc2)C(C)(C)C)cc1. The Labute approximate surface area is 400 Å². The number of nitrogens with zero attached hydrogens (tertiary/aromatic N) is 3. The zero-order valence-electron chi connectivity index (χ0n) is 39.2. The summed E-state index contributed by atoms with van der Waals surface area (Å²) in [4.78, 5) is 47.1. The van der Waals surface area contributed by atoms with E-state index < -0.39 is 35.4 Å². The first-order valence-electron chi connectivity index (χ1n) is 22.8. The number of phenols is 2. The number of amides is 3. The van der Waals surface area contributed by atoms with E-state index in [1.54, 1.807) is 35.6 Å². The fourth-order valence-corrected chi connectivity index (χ4v) is 9.16. The van der Waals surface area contributed by atoms with Gasteiger partial charge < -0.3 is 54.4 Å². The molecule has 1 fully saturated rings. The lowest BCUT2D eigenvalue weighted by Crippen LogP contribution is -2.58. The third-order valence-corrected chi connectivity index (χ3v) is 12.9. The summed E-state index contributed by atoms with van der Waals surface area (Å²) in [7, 11) is 0. The summed E-state index contributed by atoms with van der Waals surface area (Å²) in [5.74, 6) is -0.189. The van der Waals surface area contributed by atoms with Crippen LogP contribution in [0.25, 0.3) is 32.6 Å². The Morgan fingerprint density at radius 1 is 0.809 bits per heavy atom. The number of hydrogen-bond acceptors (Lipinski definition) is 12. The van der Waals surface area contributed by atoms with Crippen molar-refractivity contribution in [2.45, 2.75) is 72.3 Å². The number of carbonyl (C=O) groups excluding carboxylic acids is 3. The molecule has 16 heteroatoms. The minimum Gasteiger partial charge on any atom is -0.508 e. The second-order valence-corrected chi connectivity index (χ2v) is 18.9. The summed E-state index contributed by atoms with van der Waals surface area (Å²) in [5, 5.41) is 37.3. The Morgan fingerprint density at radius 2 is 1.44 bits per heavy atom. The van der Waals surface area contributed by atoms with Crippen LogP contribution >= 0.6 is 11.3 Å². The highest BCUT2D eigenvalue weighted by Crippen LogP contribution is 2.36. The smallest absolute Gasteiger partial charge is 0.246 e. The zero-order valence-corrected chi connectivity index (χ0v) is 40.0. The summed E-state index contributed by atoms with van der Waals surface area (Å²) >= 11 is 1.57. The van der Waals surface area contributed by atoms with E-state index in [4.69, 9.17) is 18.9 Å². The van der Waals surface area contributed by atoms with Crippen LogP contribution in [0.15, 0.2) is 96.5 Å². The van der Waals surface area contributed by atoms with E-state index in [1.807, 2.05) is 107 Å². The number of aryl methyl sites for hydroxylation is 2. The molecular weight excluding hydrogens is 887 g/mol. The van der Waals surface area contributed by atoms with Crippen molar-refractivity contribution in [3.63, 3.8) is 0 Å². The number of hydrogen-bond donors (Lipinski definition) is 5. The van der Waals surface area contributed by atoms with Gasteiger partial charge in [0.15, 0.2) is 0 Å². The van der Waals surface area contributed by atoms with Crippen LogP contribution in [0.4, 0.5) is 0 Å². The van der Waals surface area contributed by atoms with Crippen LogP contribution in [-0.2, 0) is 41.7 Å². The minimum absolute atomic E-state index is 0.0191. The molecule has 0 spiro atoms. The number of benzene rings is 4. The van der Waals surface area contributed by atoms with Crippen molar-refractivity contribution >= 4 is 40.0 Å². The van der Waals surface area contributed by atoms with Crippen molar-refractivity contribution in [2.24, 2.45) is 5.41 Å². The molecular formula is C52H61N5O10S. The molecule has 5 N–H and O–H groups in total. The van der Waals surface area contributed by atoms with Crippen LogP contribution in [0.3, 0.4) is 0 Å². The number of phenolic OH excluding ortho intramolecular Hbond substituents is 2. The number of carbonyl (C=O) groups is 3. The molecule has 7 rings (SSSR count). The number of ether oxygens (including phenoxy) is 4. The van der Waals surface area contributed by atoms with Crippen LogP contribution in [0.1, 0.15) is 49.6 Å². The van der Waals surface area contributed by atoms with Gasteiger partial charge in [0.2, 0.25) is 17.7 Å². The Bertz CT molecular complexity index is 2640. The van der Waals surface area contributed by atoms with E-state index in [0.717, 1.165) is 55.0 Å². The van der Waals surface area contributed by atoms with Crippen molar-refractivity contribution in [3.8, 4) is 38.9 Å². The number of aromatic nitrogens is 2. The van der Waals surface area contributed by atoms with Gasteiger partial charge >= 0.3 is 0 Å². The number of fused-ring (bicyclic) bond motifs is 1. The van der Waals surface area contributed by atoms with Gasteiger partial charge in [-0.2, -0.15) is 0 Å². The molecule has 4 aromatic carbocycles. The highest BCUT2D eigenvalue weighted by atomic mass is 32.1. The molecule has 3 amide bonds. The molecule has 0 saturated carbocycles. The Balaban J connectivity index is 0.778. The number of β-amino-alcohol motifs (C(OH)–C–C–N with tert-alkyl or cyclic N) is 1. The average molecular weight is 948 g/mol. The highest BCUT2D eigenvalue weighted by molar-refractivity contribution is 7.13. The van der Waals surface area contributed by atoms with Gasteiger partial charge in [0.05, 0.1) is 60.9 Å². The normalized spacial score (nSPS) is 15.4. The first-order chi connectivity index (χ1) is 32.7. The summed E-state index contributed by atoms with van der Waals surface area (Å²) in [6.45, 7) is 11.8. The lowest BCUT2D eigenvalue weighted by atomic mass is 9.85. The van der Waals surface area contributed by atoms with Crippen LogP contribution in [0, 0.1) is 19.3 Å². The average Bonchev–Trinajstić information content (AvgIpc) is 4.01. The molecule has 360 valence electrons. The molecule has 15 nitrogen and oxygen atoms in total. The van der Waals surface area contributed by atoms with Crippen molar-refractivity contribution in [1.82, 2.24) is 25.1 Å². The quantitative estimate of drug-likeness (QED) is 0.0480. The van der Waals surface area contributed by atoms with E-state index in [0.29, 0.717) is 38.7 Å². The van der Waals surface area contributed by atoms with Gasteiger partial charge in [-0.1, -0.05) is 57.2 Å². The summed E-state index contributed by atoms with van der Waals surface area (Å²) in [5.41, 5.74) is 9.09. The predicted molar refractivity (Wildman–Crippen MR) is 261 cm³/mol. The third kappa shape index (κ3) is 12.6. The maximum absolute atomic E-state index is 13.9. The van der Waals surface area contributed by atoms with Gasteiger partial charge in [-0.15, -0.1) is 11.3 Å². The molecule has 3 atom stereocenters. The maximum Gasteiger partial charge on any atom is 0.246 e. The highest BCUT2D eigenvalue weighted by Gasteiger charge is 2.44. The van der Waals surface area contributed by atoms with Gasteiger partial charge in [-0.25, -0.2) is 4.98 Å². The maximum atomic E-state index is 13.9. The molecule has 0 radical (unpaired) electrons. The monoisotopic (exact) mass is 947 g/mol. The van der Waals surface area contributed by atoms with E-state index in [1.165, 1.54) is 4.90 Å². The summed E-state index contributed by atoms with van der Waals surface area (Å²) < 4.78 is 24.9. The van der Waals surface area contributed by atoms with Gasteiger partial charge in [0.25, 0.3) is 0 Å². The summed E-state index contributed by atoms with van der Waals surface area (Å²) in [6, 6.07) is 26.4. The lowest BCUT2D eigenvalue weighted by Gasteiger charge is -2.35. The van der Waals surface area contributed by atoms with Crippen molar-refractivity contribution in [2.75, 3.05) is 52.8 Å². The Morgan fingerprint density at radius 3 is 2.10 bits per heavy atom. The minimum atomic E-state index is -0.969. The molecule has 0 aliphatic carbocycles.